The van der Waals surface area contributed by atoms with E-state index in [1.807, 2.05) is 42.6 Å². The molecule has 0 aliphatic carbocycles. The lowest BCUT2D eigenvalue weighted by atomic mass is 9.90. The van der Waals surface area contributed by atoms with E-state index in [1.165, 1.54) is 38.4 Å². The van der Waals surface area contributed by atoms with Gasteiger partial charge < -0.3 is 0 Å². The van der Waals surface area contributed by atoms with E-state index in [1.54, 1.807) is 0 Å². The van der Waals surface area contributed by atoms with Crippen LogP contribution in [0, 0.1) is 0 Å². The van der Waals surface area contributed by atoms with E-state index >= 15 is 0 Å². The van der Waals surface area contributed by atoms with Crippen molar-refractivity contribution in [2.24, 2.45) is 0 Å². The summed E-state index contributed by atoms with van der Waals surface area (Å²) in [5.41, 5.74) is 11.4. The van der Waals surface area contributed by atoms with Gasteiger partial charge in [-0.25, -0.2) is 9.97 Å². The van der Waals surface area contributed by atoms with Crippen LogP contribution in [0.1, 0.15) is 0 Å². The quantitative estimate of drug-likeness (QED) is 0.193. The molecule has 9 rings (SSSR count). The van der Waals surface area contributed by atoms with Gasteiger partial charge in [-0.3, -0.25) is 4.98 Å². The Labute approximate surface area is 266 Å². The summed E-state index contributed by atoms with van der Waals surface area (Å²) in [5.74, 6) is 0. The fourth-order valence-electron chi connectivity index (χ4n) is 6.75. The molecule has 0 N–H and O–H groups in total. The fraction of sp³-hybridized carbons (Fsp3) is 0. The molecule has 7 aromatic carbocycles. The zero-order chi connectivity index (χ0) is 30.5. The SMILES string of the molecule is c1ccc(-c2nc3ccccc3nc2-c2ccc(-c3cccc(-c4cccc5c4ccc4cccnc45)c3)c3ccccc23)cc1. The Kier molecular flexibility index (Phi) is 6.14. The third-order valence-electron chi connectivity index (χ3n) is 8.91. The van der Waals surface area contributed by atoms with E-state index in [4.69, 9.17) is 15.0 Å². The third-order valence-corrected chi connectivity index (χ3v) is 8.91. The third kappa shape index (κ3) is 4.33. The minimum absolute atomic E-state index is 0.885. The van der Waals surface area contributed by atoms with Gasteiger partial charge in [-0.05, 0) is 62.7 Å². The van der Waals surface area contributed by atoms with Crippen LogP contribution in [0.5, 0.6) is 0 Å². The molecule has 2 heterocycles. The van der Waals surface area contributed by atoms with Crippen LogP contribution in [0.3, 0.4) is 0 Å². The molecular weight excluding hydrogens is 558 g/mol. The van der Waals surface area contributed by atoms with Crippen LogP contribution < -0.4 is 0 Å². The summed E-state index contributed by atoms with van der Waals surface area (Å²) in [5, 5.41) is 5.85. The van der Waals surface area contributed by atoms with Crippen LogP contribution in [-0.2, 0) is 0 Å². The topological polar surface area (TPSA) is 38.7 Å². The maximum atomic E-state index is 5.21. The van der Waals surface area contributed by atoms with E-state index in [9.17, 15) is 0 Å². The second kappa shape index (κ2) is 10.8. The van der Waals surface area contributed by atoms with Crippen molar-refractivity contribution in [2.45, 2.75) is 0 Å². The van der Waals surface area contributed by atoms with Crippen LogP contribution in [0.4, 0.5) is 0 Å². The molecule has 0 aliphatic heterocycles. The minimum atomic E-state index is 0.885. The Morgan fingerprint density at radius 1 is 0.348 bits per heavy atom. The molecule has 0 fully saturated rings. The largest absolute Gasteiger partial charge is 0.256 e. The summed E-state index contributed by atoms with van der Waals surface area (Å²) in [6.45, 7) is 0. The molecule has 9 aromatic rings. The molecule has 2 aromatic heterocycles. The Balaban J connectivity index is 1.23. The van der Waals surface area contributed by atoms with Gasteiger partial charge in [-0.2, -0.15) is 0 Å². The summed E-state index contributed by atoms with van der Waals surface area (Å²) in [6, 6.07) is 55.5. The van der Waals surface area contributed by atoms with Crippen molar-refractivity contribution < 1.29 is 0 Å². The highest BCUT2D eigenvalue weighted by molar-refractivity contribution is 6.11. The number of fused-ring (bicyclic) bond motifs is 5. The molecule has 0 atom stereocenters. The van der Waals surface area contributed by atoms with Crippen molar-refractivity contribution >= 4 is 43.5 Å². The molecule has 214 valence electrons. The summed E-state index contributed by atoms with van der Waals surface area (Å²) in [4.78, 5) is 15.1. The fourth-order valence-corrected chi connectivity index (χ4v) is 6.75. The van der Waals surface area contributed by atoms with Gasteiger partial charge >= 0.3 is 0 Å². The lowest BCUT2D eigenvalue weighted by Crippen LogP contribution is -1.96. The van der Waals surface area contributed by atoms with Crippen molar-refractivity contribution in [1.29, 1.82) is 0 Å². The Hall–Kier alpha value is -6.19. The van der Waals surface area contributed by atoms with Crippen LogP contribution in [-0.4, -0.2) is 15.0 Å². The van der Waals surface area contributed by atoms with Crippen LogP contribution in [0.2, 0.25) is 0 Å². The van der Waals surface area contributed by atoms with E-state index in [0.29, 0.717) is 0 Å². The predicted octanol–water partition coefficient (Wildman–Crippen LogP) is 11.2. The number of pyridine rings is 1. The Morgan fingerprint density at radius 2 is 0.935 bits per heavy atom. The van der Waals surface area contributed by atoms with Crippen LogP contribution in [0.15, 0.2) is 164 Å². The molecule has 3 heteroatoms. The first-order valence-electron chi connectivity index (χ1n) is 15.5. The molecule has 0 radical (unpaired) electrons. The molecule has 0 saturated carbocycles. The molecule has 0 amide bonds. The maximum absolute atomic E-state index is 5.21. The van der Waals surface area contributed by atoms with Gasteiger partial charge in [0.15, 0.2) is 0 Å². The van der Waals surface area contributed by atoms with Gasteiger partial charge in [0.1, 0.15) is 0 Å². The molecule has 0 spiro atoms. The van der Waals surface area contributed by atoms with Gasteiger partial charge in [0, 0.05) is 28.1 Å². The van der Waals surface area contributed by atoms with Gasteiger partial charge in [0.05, 0.1) is 27.9 Å². The molecule has 3 nitrogen and oxygen atoms in total. The average Bonchev–Trinajstić information content (AvgIpc) is 3.14. The average molecular weight is 586 g/mol. The summed E-state index contributed by atoms with van der Waals surface area (Å²) in [7, 11) is 0. The molecule has 46 heavy (non-hydrogen) atoms. The standard InChI is InChI=1S/C43H27N3/c1-2-11-28(12-3-1)42-43(46-40-21-7-6-20-39(40)45-42)38-25-24-33(34-16-4-5-17-35(34)38)31-14-8-13-30(27-31)32-18-9-19-37-36(32)23-22-29-15-10-26-44-41(29)37/h1-27H. The summed E-state index contributed by atoms with van der Waals surface area (Å²) in [6.07, 6.45) is 1.87. The van der Waals surface area contributed by atoms with Crippen molar-refractivity contribution in [3.8, 4) is 44.8 Å². The Bertz CT molecular complexity index is 2590. The van der Waals surface area contributed by atoms with Crippen LogP contribution in [0.25, 0.3) is 88.2 Å². The van der Waals surface area contributed by atoms with Crippen molar-refractivity contribution in [1.82, 2.24) is 15.0 Å². The first-order chi connectivity index (χ1) is 22.8. The van der Waals surface area contributed by atoms with E-state index in [-0.39, 0.29) is 0 Å². The van der Waals surface area contributed by atoms with Crippen molar-refractivity contribution in [3.05, 3.63) is 164 Å². The normalized spacial score (nSPS) is 11.5. The van der Waals surface area contributed by atoms with Crippen molar-refractivity contribution in [2.75, 3.05) is 0 Å². The van der Waals surface area contributed by atoms with Gasteiger partial charge in [0.25, 0.3) is 0 Å². The molecule has 0 saturated heterocycles. The van der Waals surface area contributed by atoms with E-state index in [0.717, 1.165) is 49.8 Å². The number of hydrogen-bond acceptors (Lipinski definition) is 3. The number of aromatic nitrogens is 3. The van der Waals surface area contributed by atoms with Gasteiger partial charge in [0.2, 0.25) is 0 Å². The molecule has 0 bridgehead atoms. The summed E-state index contributed by atoms with van der Waals surface area (Å²) < 4.78 is 0. The monoisotopic (exact) mass is 585 g/mol. The first kappa shape index (κ1) is 26.2. The van der Waals surface area contributed by atoms with E-state index < -0.39 is 0 Å². The van der Waals surface area contributed by atoms with Crippen LogP contribution >= 0.6 is 0 Å². The van der Waals surface area contributed by atoms with Crippen molar-refractivity contribution in [3.63, 3.8) is 0 Å². The predicted molar refractivity (Wildman–Crippen MR) is 192 cm³/mol. The number of rotatable bonds is 4. The molecule has 0 unspecified atom stereocenters. The smallest absolute Gasteiger partial charge is 0.0979 e. The maximum Gasteiger partial charge on any atom is 0.0979 e. The lowest BCUT2D eigenvalue weighted by molar-refractivity contribution is 1.30. The number of para-hydroxylation sites is 2. The number of hydrogen-bond donors (Lipinski definition) is 0. The van der Waals surface area contributed by atoms with E-state index in [2.05, 4.69) is 121 Å². The zero-order valence-corrected chi connectivity index (χ0v) is 24.9. The number of nitrogens with zero attached hydrogens (tertiary/aromatic N) is 3. The number of benzene rings is 7. The lowest BCUT2D eigenvalue weighted by Gasteiger charge is -2.16. The highest BCUT2D eigenvalue weighted by Gasteiger charge is 2.17. The van der Waals surface area contributed by atoms with Gasteiger partial charge in [-0.1, -0.05) is 133 Å². The van der Waals surface area contributed by atoms with Gasteiger partial charge in [-0.15, -0.1) is 0 Å². The molecule has 0 aliphatic rings. The zero-order valence-electron chi connectivity index (χ0n) is 24.9. The second-order valence-electron chi connectivity index (χ2n) is 11.6. The highest BCUT2D eigenvalue weighted by atomic mass is 14.8. The second-order valence-corrected chi connectivity index (χ2v) is 11.6. The summed E-state index contributed by atoms with van der Waals surface area (Å²) >= 11 is 0. The molecular formula is C43H27N3. The minimum Gasteiger partial charge on any atom is -0.256 e. The first-order valence-corrected chi connectivity index (χ1v) is 15.5. The highest BCUT2D eigenvalue weighted by Crippen LogP contribution is 2.40. The Morgan fingerprint density at radius 3 is 1.74 bits per heavy atom.